The number of rotatable bonds is 2. The van der Waals surface area contributed by atoms with Gasteiger partial charge in [0, 0.05) is 0 Å². The van der Waals surface area contributed by atoms with E-state index in [1.807, 2.05) is 0 Å². The summed E-state index contributed by atoms with van der Waals surface area (Å²) in [5.41, 5.74) is 0. The molecule has 2 unspecified atom stereocenters. The maximum atomic E-state index is 11.9. The lowest BCUT2D eigenvalue weighted by atomic mass is 10.1. The van der Waals surface area contributed by atoms with Gasteiger partial charge in [-0.3, -0.25) is 19.2 Å². The summed E-state index contributed by atoms with van der Waals surface area (Å²) < 4.78 is 19.1. The first-order valence-electron chi connectivity index (χ1n) is 7.30. The largest absolute Gasteiger partial charge is 0.468 e. The van der Waals surface area contributed by atoms with Gasteiger partial charge in [-0.05, 0) is 12.8 Å². The van der Waals surface area contributed by atoms with Gasteiger partial charge in [-0.25, -0.2) is 0 Å². The van der Waals surface area contributed by atoms with Crippen molar-refractivity contribution in [1.82, 2.24) is 0 Å². The molecule has 0 aliphatic carbocycles. The van der Waals surface area contributed by atoms with Gasteiger partial charge in [-0.2, -0.15) is 0 Å². The monoisotopic (exact) mass is 340 g/mol. The van der Waals surface area contributed by atoms with E-state index in [4.69, 9.17) is 9.47 Å². The Morgan fingerprint density at radius 2 is 1.21 bits per heavy atom. The summed E-state index contributed by atoms with van der Waals surface area (Å²) in [5, 5.41) is 0. The Balaban J connectivity index is 2.84. The summed E-state index contributed by atoms with van der Waals surface area (Å²) >= 11 is 0. The maximum absolute atomic E-state index is 11.9. The zero-order chi connectivity index (χ0) is 17.9. The second-order valence-electron chi connectivity index (χ2n) is 4.83. The summed E-state index contributed by atoms with van der Waals surface area (Å²) in [4.78, 5) is 47.0. The van der Waals surface area contributed by atoms with Gasteiger partial charge in [0.2, 0.25) is 0 Å². The fourth-order valence-electron chi connectivity index (χ4n) is 1.92. The topological polar surface area (TPSA) is 105 Å². The van der Waals surface area contributed by atoms with E-state index in [0.717, 1.165) is 0 Å². The van der Waals surface area contributed by atoms with Crippen LogP contribution < -0.4 is 0 Å². The molecule has 0 aromatic carbocycles. The van der Waals surface area contributed by atoms with Gasteiger partial charge < -0.3 is 18.9 Å². The molecule has 132 valence electrons. The number of carbonyl (C=O) groups is 4. The van der Waals surface area contributed by atoms with Gasteiger partial charge in [-0.1, -0.05) is 24.3 Å². The van der Waals surface area contributed by atoms with Crippen molar-refractivity contribution in [3.63, 3.8) is 0 Å². The van der Waals surface area contributed by atoms with E-state index < -0.39 is 35.7 Å². The Bertz CT molecular complexity index is 486. The second-order valence-corrected chi connectivity index (χ2v) is 4.83. The molecule has 1 aliphatic rings. The third-order valence-electron chi connectivity index (χ3n) is 3.26. The molecule has 8 nitrogen and oxygen atoms in total. The van der Waals surface area contributed by atoms with E-state index >= 15 is 0 Å². The predicted molar refractivity (Wildman–Crippen MR) is 80.4 cm³/mol. The molecule has 2 atom stereocenters. The third-order valence-corrected chi connectivity index (χ3v) is 3.26. The number of esters is 4. The average molecular weight is 340 g/mol. The van der Waals surface area contributed by atoms with E-state index in [2.05, 4.69) is 9.47 Å². The minimum Gasteiger partial charge on any atom is -0.468 e. The Morgan fingerprint density at radius 1 is 0.833 bits per heavy atom. The van der Waals surface area contributed by atoms with Crippen molar-refractivity contribution in [2.75, 3.05) is 27.4 Å². The second kappa shape index (κ2) is 10.2. The zero-order valence-corrected chi connectivity index (χ0v) is 13.6. The van der Waals surface area contributed by atoms with Crippen LogP contribution in [0.4, 0.5) is 0 Å². The van der Waals surface area contributed by atoms with Crippen molar-refractivity contribution in [2.24, 2.45) is 11.8 Å². The number of hydrogen-bond donors (Lipinski definition) is 0. The summed E-state index contributed by atoms with van der Waals surface area (Å²) in [6, 6.07) is 0. The molecule has 1 rings (SSSR count). The van der Waals surface area contributed by atoms with E-state index in [9.17, 15) is 19.2 Å². The first-order valence-corrected chi connectivity index (χ1v) is 7.30. The molecule has 24 heavy (non-hydrogen) atoms. The summed E-state index contributed by atoms with van der Waals surface area (Å²) in [6.45, 7) is -0.196. The number of ether oxygens (including phenoxy) is 4. The Hall–Kier alpha value is -2.64. The summed E-state index contributed by atoms with van der Waals surface area (Å²) in [6.07, 6.45) is 6.05. The van der Waals surface area contributed by atoms with Gasteiger partial charge in [0.05, 0.1) is 14.2 Å². The molecular weight excluding hydrogens is 320 g/mol. The molecule has 0 aromatic rings. The maximum Gasteiger partial charge on any atom is 0.320 e. The minimum absolute atomic E-state index is 0.0488. The Labute approximate surface area is 139 Å². The van der Waals surface area contributed by atoms with Crippen molar-refractivity contribution in [2.45, 2.75) is 12.8 Å². The van der Waals surface area contributed by atoms with Crippen LogP contribution in [0.25, 0.3) is 0 Å². The number of cyclic esters (lactones) is 2. The quantitative estimate of drug-likeness (QED) is 0.311. The molecule has 1 aliphatic heterocycles. The molecule has 0 saturated heterocycles. The number of methoxy groups -OCH3 is 2. The van der Waals surface area contributed by atoms with Crippen LogP contribution in [-0.2, 0) is 38.1 Å². The molecule has 0 amide bonds. The highest BCUT2D eigenvalue weighted by Gasteiger charge is 2.29. The van der Waals surface area contributed by atoms with Gasteiger partial charge in [0.15, 0.2) is 11.8 Å². The fraction of sp³-hybridized carbons (Fsp3) is 0.500. The summed E-state index contributed by atoms with van der Waals surface area (Å²) in [5.74, 6) is -5.00. The number of carbonyl (C=O) groups excluding carboxylic acids is 4. The van der Waals surface area contributed by atoms with Crippen LogP contribution in [0.2, 0.25) is 0 Å². The smallest absolute Gasteiger partial charge is 0.320 e. The van der Waals surface area contributed by atoms with Crippen molar-refractivity contribution in [1.29, 1.82) is 0 Å². The minimum atomic E-state index is -1.08. The van der Waals surface area contributed by atoms with E-state index in [1.165, 1.54) is 38.5 Å². The van der Waals surface area contributed by atoms with Crippen LogP contribution in [0, 0.1) is 11.8 Å². The first-order chi connectivity index (χ1) is 11.5. The van der Waals surface area contributed by atoms with E-state index in [0.29, 0.717) is 0 Å². The molecule has 0 aromatic heterocycles. The standard InChI is InChI=1S/C16H20O8/c1-21-13(17)11-7-3-5-10-24-16(20)12(14(18)22-2)8-4-6-9-23-15(11)19/h3-6,11-12H,7-10H2,1-2H3/b5-3+,6-4+. The number of allylic oxidation sites excluding steroid dienone is 2. The molecule has 0 radical (unpaired) electrons. The predicted octanol–water partition coefficient (Wildman–Crippen LogP) is 0.557. The van der Waals surface area contributed by atoms with E-state index in [1.54, 1.807) is 0 Å². The molecule has 0 spiro atoms. The molecule has 0 N–H and O–H groups in total. The molecule has 1 heterocycles. The Kier molecular flexibility index (Phi) is 8.24. The lowest BCUT2D eigenvalue weighted by Gasteiger charge is -2.13. The molecule has 0 saturated carbocycles. The number of hydrogen-bond acceptors (Lipinski definition) is 8. The van der Waals surface area contributed by atoms with Crippen molar-refractivity contribution >= 4 is 23.9 Å². The molecule has 0 bridgehead atoms. The highest BCUT2D eigenvalue weighted by atomic mass is 16.6. The lowest BCUT2D eigenvalue weighted by Crippen LogP contribution is -2.28. The van der Waals surface area contributed by atoms with Crippen LogP contribution in [0.1, 0.15) is 12.8 Å². The van der Waals surface area contributed by atoms with Gasteiger partial charge in [-0.15, -0.1) is 0 Å². The first kappa shape index (κ1) is 19.4. The van der Waals surface area contributed by atoms with Gasteiger partial charge >= 0.3 is 23.9 Å². The van der Waals surface area contributed by atoms with Crippen molar-refractivity contribution < 1.29 is 38.1 Å². The van der Waals surface area contributed by atoms with Crippen LogP contribution >= 0.6 is 0 Å². The molecule has 0 fully saturated rings. The van der Waals surface area contributed by atoms with Gasteiger partial charge in [0.1, 0.15) is 13.2 Å². The van der Waals surface area contributed by atoms with E-state index in [-0.39, 0.29) is 26.1 Å². The third kappa shape index (κ3) is 5.86. The fourth-order valence-corrected chi connectivity index (χ4v) is 1.92. The highest BCUT2D eigenvalue weighted by molar-refractivity contribution is 5.95. The highest BCUT2D eigenvalue weighted by Crippen LogP contribution is 2.12. The molecule has 8 heteroatoms. The molecular formula is C16H20O8. The average Bonchev–Trinajstić information content (AvgIpc) is 2.58. The van der Waals surface area contributed by atoms with Crippen LogP contribution in [-0.4, -0.2) is 51.3 Å². The van der Waals surface area contributed by atoms with Gasteiger partial charge in [0.25, 0.3) is 0 Å². The lowest BCUT2D eigenvalue weighted by molar-refractivity contribution is -0.161. The zero-order valence-electron chi connectivity index (χ0n) is 13.6. The van der Waals surface area contributed by atoms with Crippen molar-refractivity contribution in [3.8, 4) is 0 Å². The van der Waals surface area contributed by atoms with Crippen LogP contribution in [0.15, 0.2) is 24.3 Å². The normalized spacial score (nSPS) is 25.4. The Morgan fingerprint density at radius 3 is 1.54 bits per heavy atom. The van der Waals surface area contributed by atoms with Crippen molar-refractivity contribution in [3.05, 3.63) is 24.3 Å². The SMILES string of the molecule is COC(=O)C1C/C=C/COC(=O)C(C(=O)OC)C/C=C/COC1=O. The van der Waals surface area contributed by atoms with Crippen LogP contribution in [0.3, 0.4) is 0 Å². The summed E-state index contributed by atoms with van der Waals surface area (Å²) in [7, 11) is 2.36. The van der Waals surface area contributed by atoms with Crippen LogP contribution in [0.5, 0.6) is 0 Å².